The van der Waals surface area contributed by atoms with E-state index < -0.39 is 9.05 Å². The van der Waals surface area contributed by atoms with E-state index in [1.165, 1.54) is 12.1 Å². The fourth-order valence-corrected chi connectivity index (χ4v) is 2.31. The number of benzene rings is 1. The largest absolute Gasteiger partial charge is 0.461 e. The minimum atomic E-state index is -3.71. The third-order valence-electron chi connectivity index (χ3n) is 2.38. The highest BCUT2D eigenvalue weighted by molar-refractivity contribution is 8.13. The van der Waals surface area contributed by atoms with Crippen LogP contribution in [0.1, 0.15) is 5.76 Å². The summed E-state index contributed by atoms with van der Waals surface area (Å²) in [7, 11) is 3.16. The number of hydrogen-bond donors (Lipinski definition) is 0. The van der Waals surface area contributed by atoms with Crippen LogP contribution in [0.2, 0.25) is 0 Å². The molecule has 0 radical (unpaired) electrons. The summed E-state index contributed by atoms with van der Waals surface area (Å²) in [6.45, 7) is 0.556. The molecule has 0 spiro atoms. The van der Waals surface area contributed by atoms with E-state index in [4.69, 9.17) is 19.8 Å². The normalized spacial score (nSPS) is 12.1. The summed E-state index contributed by atoms with van der Waals surface area (Å²) in [4.78, 5) is 0.0410. The van der Waals surface area contributed by atoms with Crippen molar-refractivity contribution in [3.63, 3.8) is 0 Å². The van der Waals surface area contributed by atoms with Gasteiger partial charge in [-0.3, -0.25) is 0 Å². The van der Waals surface area contributed by atoms with Crippen LogP contribution in [-0.2, 0) is 20.2 Å². The Bertz CT molecular complexity index is 630. The molecule has 2 aromatic rings. The van der Waals surface area contributed by atoms with E-state index in [9.17, 15) is 8.42 Å². The lowest BCUT2D eigenvalue weighted by atomic mass is 10.2. The first-order valence-corrected chi connectivity index (χ1v) is 7.28. The van der Waals surface area contributed by atoms with Crippen molar-refractivity contribution in [3.8, 4) is 0 Å². The highest BCUT2D eigenvalue weighted by Gasteiger charge is 2.12. The van der Waals surface area contributed by atoms with Gasteiger partial charge in [0.25, 0.3) is 9.05 Å². The molecule has 17 heavy (non-hydrogen) atoms. The Kier molecular flexibility index (Phi) is 3.42. The summed E-state index contributed by atoms with van der Waals surface area (Å²) in [6, 6.07) is 6.41. The molecule has 6 heteroatoms. The summed E-state index contributed by atoms with van der Waals surface area (Å²) >= 11 is 0. The van der Waals surface area contributed by atoms with Crippen LogP contribution in [0.5, 0.6) is 0 Å². The monoisotopic (exact) mass is 274 g/mol. The SMILES string of the molecule is COCCc1cc2ccc(S(=O)(=O)Cl)cc2o1. The van der Waals surface area contributed by atoms with Crippen molar-refractivity contribution in [2.24, 2.45) is 0 Å². The van der Waals surface area contributed by atoms with Crippen molar-refractivity contribution in [1.29, 1.82) is 0 Å². The van der Waals surface area contributed by atoms with E-state index in [0.29, 0.717) is 18.6 Å². The average Bonchev–Trinajstić information content (AvgIpc) is 2.66. The quantitative estimate of drug-likeness (QED) is 0.804. The lowest BCUT2D eigenvalue weighted by Gasteiger charge is -1.95. The number of fused-ring (bicyclic) bond motifs is 1. The molecule has 92 valence electrons. The summed E-state index contributed by atoms with van der Waals surface area (Å²) in [5.41, 5.74) is 0.512. The van der Waals surface area contributed by atoms with Crippen molar-refractivity contribution in [2.75, 3.05) is 13.7 Å². The molecule has 4 nitrogen and oxygen atoms in total. The molecule has 1 aromatic carbocycles. The maximum Gasteiger partial charge on any atom is 0.261 e. The van der Waals surface area contributed by atoms with Crippen LogP contribution in [-0.4, -0.2) is 22.1 Å². The molecule has 0 amide bonds. The first kappa shape index (κ1) is 12.4. The molecule has 1 aromatic heterocycles. The van der Waals surface area contributed by atoms with Gasteiger partial charge in [0.05, 0.1) is 11.5 Å². The van der Waals surface area contributed by atoms with Crippen LogP contribution >= 0.6 is 10.7 Å². The third-order valence-corrected chi connectivity index (χ3v) is 3.73. The fourth-order valence-electron chi connectivity index (χ4n) is 1.54. The molecule has 0 bridgehead atoms. The Morgan fingerprint density at radius 2 is 2.12 bits per heavy atom. The molecule has 0 saturated carbocycles. The summed E-state index contributed by atoms with van der Waals surface area (Å²) in [5, 5.41) is 0.847. The number of rotatable bonds is 4. The van der Waals surface area contributed by atoms with Gasteiger partial charge in [-0.05, 0) is 18.2 Å². The van der Waals surface area contributed by atoms with Gasteiger partial charge in [0.2, 0.25) is 0 Å². The maximum absolute atomic E-state index is 11.2. The molecule has 0 N–H and O–H groups in total. The fraction of sp³-hybridized carbons (Fsp3) is 0.273. The molecule has 2 rings (SSSR count). The van der Waals surface area contributed by atoms with Crippen molar-refractivity contribution in [3.05, 3.63) is 30.0 Å². The van der Waals surface area contributed by atoms with E-state index >= 15 is 0 Å². The van der Waals surface area contributed by atoms with Gasteiger partial charge in [-0.25, -0.2) is 8.42 Å². The smallest absolute Gasteiger partial charge is 0.261 e. The summed E-state index contributed by atoms with van der Waals surface area (Å²) in [5.74, 6) is 0.756. The van der Waals surface area contributed by atoms with E-state index in [0.717, 1.165) is 11.1 Å². The van der Waals surface area contributed by atoms with Crippen LogP contribution in [0.3, 0.4) is 0 Å². The van der Waals surface area contributed by atoms with Crippen LogP contribution in [0, 0.1) is 0 Å². The minimum Gasteiger partial charge on any atom is -0.461 e. The lowest BCUT2D eigenvalue weighted by Crippen LogP contribution is -1.91. The van der Waals surface area contributed by atoms with Gasteiger partial charge in [0, 0.05) is 35.7 Å². The van der Waals surface area contributed by atoms with E-state index in [2.05, 4.69) is 0 Å². The Morgan fingerprint density at radius 3 is 2.76 bits per heavy atom. The highest BCUT2D eigenvalue weighted by atomic mass is 35.7. The summed E-state index contributed by atoms with van der Waals surface area (Å²) in [6.07, 6.45) is 0.647. The van der Waals surface area contributed by atoms with Crippen molar-refractivity contribution < 1.29 is 17.6 Å². The van der Waals surface area contributed by atoms with E-state index in [1.807, 2.05) is 6.07 Å². The first-order valence-electron chi connectivity index (χ1n) is 4.97. The summed E-state index contributed by atoms with van der Waals surface area (Å²) < 4.78 is 32.8. The zero-order chi connectivity index (χ0) is 12.5. The van der Waals surface area contributed by atoms with Crippen LogP contribution < -0.4 is 0 Å². The topological polar surface area (TPSA) is 56.5 Å². The van der Waals surface area contributed by atoms with Gasteiger partial charge < -0.3 is 9.15 Å². The van der Waals surface area contributed by atoms with E-state index in [1.54, 1.807) is 13.2 Å². The molecule has 0 aliphatic heterocycles. The molecule has 0 atom stereocenters. The van der Waals surface area contributed by atoms with Gasteiger partial charge in [0.1, 0.15) is 11.3 Å². The molecular weight excluding hydrogens is 264 g/mol. The predicted octanol–water partition coefficient (Wildman–Crippen LogP) is 2.55. The van der Waals surface area contributed by atoms with Crippen LogP contribution in [0.4, 0.5) is 0 Å². The standard InChI is InChI=1S/C11H11ClO4S/c1-15-5-4-9-6-8-2-3-10(17(12,13)14)7-11(8)16-9/h2-3,6-7H,4-5H2,1H3. The molecule has 1 heterocycles. The number of methoxy groups -OCH3 is 1. The molecule has 0 aliphatic rings. The molecule has 0 aliphatic carbocycles. The van der Waals surface area contributed by atoms with Gasteiger partial charge in [-0.15, -0.1) is 0 Å². The lowest BCUT2D eigenvalue weighted by molar-refractivity contribution is 0.197. The Labute approximate surface area is 104 Å². The van der Waals surface area contributed by atoms with Crippen molar-refractivity contribution >= 4 is 30.7 Å². The number of hydrogen-bond acceptors (Lipinski definition) is 4. The zero-order valence-electron chi connectivity index (χ0n) is 9.14. The maximum atomic E-state index is 11.2. The second-order valence-electron chi connectivity index (χ2n) is 3.59. The average molecular weight is 275 g/mol. The minimum absolute atomic E-state index is 0.0410. The molecule has 0 unspecified atom stereocenters. The molecule has 0 fully saturated rings. The van der Waals surface area contributed by atoms with Crippen molar-refractivity contribution in [1.82, 2.24) is 0 Å². The van der Waals surface area contributed by atoms with Crippen molar-refractivity contribution in [2.45, 2.75) is 11.3 Å². The Hall–Kier alpha value is -1.04. The van der Waals surface area contributed by atoms with Gasteiger partial charge in [-0.2, -0.15) is 0 Å². The number of ether oxygens (including phenoxy) is 1. The number of halogens is 1. The van der Waals surface area contributed by atoms with Gasteiger partial charge >= 0.3 is 0 Å². The van der Waals surface area contributed by atoms with Gasteiger partial charge in [0.15, 0.2) is 0 Å². The van der Waals surface area contributed by atoms with Gasteiger partial charge in [-0.1, -0.05) is 0 Å². The Morgan fingerprint density at radius 1 is 1.35 bits per heavy atom. The third kappa shape index (κ3) is 2.80. The van der Waals surface area contributed by atoms with Crippen LogP contribution in [0.15, 0.2) is 33.6 Å². The Balaban J connectivity index is 2.41. The molecule has 0 saturated heterocycles. The highest BCUT2D eigenvalue weighted by Crippen LogP contribution is 2.24. The predicted molar refractivity (Wildman–Crippen MR) is 64.8 cm³/mol. The molecular formula is C11H11ClO4S. The van der Waals surface area contributed by atoms with Crippen LogP contribution in [0.25, 0.3) is 11.0 Å². The zero-order valence-corrected chi connectivity index (χ0v) is 10.7. The second kappa shape index (κ2) is 4.68. The second-order valence-corrected chi connectivity index (χ2v) is 6.16. The number of furan rings is 1. The first-order chi connectivity index (χ1) is 8.00. The van der Waals surface area contributed by atoms with E-state index in [-0.39, 0.29) is 4.90 Å².